The first-order chi connectivity index (χ1) is 29.5. The average Bonchev–Trinajstić information content (AvgIpc) is 3.24. The average molecular weight is 878 g/mol. The van der Waals surface area contributed by atoms with E-state index in [1.54, 1.807) is 49.4 Å². The summed E-state index contributed by atoms with van der Waals surface area (Å²) in [6.07, 6.45) is 1.14. The summed E-state index contributed by atoms with van der Waals surface area (Å²) in [6.45, 7) is 5.08. The molecule has 3 aromatic carbocycles. The van der Waals surface area contributed by atoms with Crippen LogP contribution in [0.25, 0.3) is 0 Å². The van der Waals surface area contributed by atoms with Gasteiger partial charge in [0.25, 0.3) is 0 Å². The molecule has 3 rings (SSSR count). The van der Waals surface area contributed by atoms with Gasteiger partial charge in [-0.05, 0) is 72.7 Å². The molecule has 336 valence electrons. The van der Waals surface area contributed by atoms with Crippen LogP contribution < -0.4 is 37.6 Å². The van der Waals surface area contributed by atoms with Crippen LogP contribution in [-0.2, 0) is 52.8 Å². The van der Waals surface area contributed by atoms with Gasteiger partial charge in [0.1, 0.15) is 47.8 Å². The molecule has 0 bridgehead atoms. The van der Waals surface area contributed by atoms with Crippen molar-refractivity contribution in [1.29, 1.82) is 0 Å². The van der Waals surface area contributed by atoms with Crippen LogP contribution in [-0.4, -0.2) is 105 Å². The Balaban J connectivity index is 1.94. The summed E-state index contributed by atoms with van der Waals surface area (Å²) in [4.78, 5) is 93.6. The number of aromatic hydroxyl groups is 2. The van der Waals surface area contributed by atoms with Gasteiger partial charge in [0.05, 0.1) is 0 Å². The molecule has 11 N–H and O–H groups in total. The van der Waals surface area contributed by atoms with Gasteiger partial charge in [-0.1, -0.05) is 74.9 Å². The fourth-order valence-electron chi connectivity index (χ4n) is 6.44. The third-order valence-corrected chi connectivity index (χ3v) is 10.5. The Kier molecular flexibility index (Phi) is 20.7. The number of nitrogens with two attached hydrogens (primary N) is 1. The van der Waals surface area contributed by atoms with Crippen LogP contribution in [0.5, 0.6) is 11.5 Å². The Morgan fingerprint density at radius 1 is 0.581 bits per heavy atom. The highest BCUT2D eigenvalue weighted by molar-refractivity contribution is 7.80. The van der Waals surface area contributed by atoms with Gasteiger partial charge >= 0.3 is 5.97 Å². The van der Waals surface area contributed by atoms with Crippen molar-refractivity contribution in [2.24, 2.45) is 11.7 Å². The van der Waals surface area contributed by atoms with Gasteiger partial charge in [0.2, 0.25) is 35.4 Å². The van der Waals surface area contributed by atoms with E-state index in [2.05, 4.69) is 44.5 Å². The first-order valence-corrected chi connectivity index (χ1v) is 21.1. The van der Waals surface area contributed by atoms with Gasteiger partial charge in [-0.2, -0.15) is 12.6 Å². The predicted octanol–water partition coefficient (Wildman–Crippen LogP) is 1.24. The Morgan fingerprint density at radius 3 is 1.48 bits per heavy atom. The molecule has 1 unspecified atom stereocenters. The summed E-state index contributed by atoms with van der Waals surface area (Å²) in [6, 6.07) is 13.1. The number of carboxylic acid groups (broad SMARTS) is 1. The van der Waals surface area contributed by atoms with Crippen molar-refractivity contribution in [3.05, 3.63) is 95.6 Å². The van der Waals surface area contributed by atoms with Crippen LogP contribution in [0.15, 0.2) is 78.9 Å². The van der Waals surface area contributed by atoms with Gasteiger partial charge in [-0.25, -0.2) is 4.79 Å². The van der Waals surface area contributed by atoms with Gasteiger partial charge in [-0.3, -0.25) is 28.8 Å². The Labute approximate surface area is 366 Å². The number of nitrogens with one attached hydrogen (secondary N) is 6. The number of benzene rings is 3. The zero-order valence-corrected chi connectivity index (χ0v) is 36.0. The van der Waals surface area contributed by atoms with Gasteiger partial charge in [0.15, 0.2) is 0 Å². The van der Waals surface area contributed by atoms with E-state index in [4.69, 9.17) is 5.73 Å². The normalized spacial score (nSPS) is 14.3. The maximum atomic E-state index is 14.3. The number of rotatable bonds is 25. The molecule has 7 atom stereocenters. The largest absolute Gasteiger partial charge is 0.508 e. The smallest absolute Gasteiger partial charge is 0.326 e. The zero-order valence-electron chi connectivity index (χ0n) is 35.1. The third-order valence-electron chi connectivity index (χ3n) is 10.2. The van der Waals surface area contributed by atoms with Crippen LogP contribution in [0, 0.1) is 5.92 Å². The first kappa shape index (κ1) is 50.2. The lowest BCUT2D eigenvalue weighted by atomic mass is 9.96. The van der Waals surface area contributed by atoms with Crippen LogP contribution in [0.4, 0.5) is 0 Å². The summed E-state index contributed by atoms with van der Waals surface area (Å²) < 4.78 is 0. The molecule has 0 aliphatic rings. The van der Waals surface area contributed by atoms with E-state index >= 15 is 0 Å². The van der Waals surface area contributed by atoms with Crippen molar-refractivity contribution in [2.45, 2.75) is 102 Å². The fourth-order valence-corrected chi connectivity index (χ4v) is 6.70. The minimum Gasteiger partial charge on any atom is -0.508 e. The van der Waals surface area contributed by atoms with E-state index in [1.165, 1.54) is 43.3 Å². The predicted molar refractivity (Wildman–Crippen MR) is 235 cm³/mol. The standard InChI is InChI=1S/C44H59N7O10S/c1-4-26(2)38(51-42(58)37(25-62)46-27(3)52)43(59)49-35(23-29-13-17-31(53)18-14-29)40(56)47-33(12-8-9-21-45)39(55)48-34(22-28-10-6-5-7-11-28)41(57)50-36(44(60)61)24-30-15-19-32(54)20-16-30/h5-7,10-11,13-20,26,33-38,53-54,62H,4,8-9,12,21-25,45H2,1-3H3,(H,46,52)(H,47,56)(H,48,55)(H,49,59)(H,50,57)(H,51,58)(H,60,61)/t26?,33-,34-,35-,36-,37-,38-/m0/s1. The lowest BCUT2D eigenvalue weighted by molar-refractivity contribution is -0.142. The number of hydrogen-bond donors (Lipinski definition) is 11. The van der Waals surface area contributed by atoms with Crippen molar-refractivity contribution >= 4 is 54.0 Å². The summed E-state index contributed by atoms with van der Waals surface area (Å²) >= 11 is 4.16. The number of carboxylic acids is 1. The number of unbranched alkanes of at least 4 members (excludes halogenated alkanes) is 1. The first-order valence-electron chi connectivity index (χ1n) is 20.5. The number of amides is 6. The summed E-state index contributed by atoms with van der Waals surface area (Å²) in [7, 11) is 0. The van der Waals surface area contributed by atoms with Gasteiger partial charge in [-0.15, -0.1) is 0 Å². The van der Waals surface area contributed by atoms with E-state index in [-0.39, 0.29) is 49.5 Å². The molecule has 3 aromatic rings. The molecule has 0 aliphatic carbocycles. The minimum absolute atomic E-state index is 0.0147. The number of hydrogen-bond acceptors (Lipinski definition) is 11. The summed E-state index contributed by atoms with van der Waals surface area (Å²) in [5, 5.41) is 45.5. The van der Waals surface area contributed by atoms with E-state index in [0.717, 1.165) is 0 Å². The molecule has 0 aromatic heterocycles. The monoisotopic (exact) mass is 877 g/mol. The molecule has 0 aliphatic heterocycles. The molecule has 0 fully saturated rings. The summed E-state index contributed by atoms with van der Waals surface area (Å²) in [5.41, 5.74) is 7.48. The number of phenolic OH excluding ortho intramolecular Hbond substituents is 2. The Hall–Kier alpha value is -6.14. The lowest BCUT2D eigenvalue weighted by Gasteiger charge is -2.29. The van der Waals surface area contributed by atoms with E-state index in [1.807, 2.05) is 6.92 Å². The zero-order chi connectivity index (χ0) is 45.8. The van der Waals surface area contributed by atoms with Crippen molar-refractivity contribution < 1.29 is 48.9 Å². The van der Waals surface area contributed by atoms with Crippen molar-refractivity contribution in [1.82, 2.24) is 31.9 Å². The van der Waals surface area contributed by atoms with Crippen molar-refractivity contribution in [2.75, 3.05) is 12.3 Å². The Morgan fingerprint density at radius 2 is 1.02 bits per heavy atom. The number of carbonyl (C=O) groups excluding carboxylic acids is 6. The van der Waals surface area contributed by atoms with Crippen LogP contribution >= 0.6 is 12.6 Å². The van der Waals surface area contributed by atoms with E-state index < -0.39 is 83.6 Å². The third kappa shape index (κ3) is 16.7. The van der Waals surface area contributed by atoms with Crippen molar-refractivity contribution in [3.8, 4) is 11.5 Å². The van der Waals surface area contributed by atoms with E-state index in [0.29, 0.717) is 36.0 Å². The highest BCUT2D eigenvalue weighted by Crippen LogP contribution is 2.16. The van der Waals surface area contributed by atoms with Crippen molar-refractivity contribution in [3.63, 3.8) is 0 Å². The molecule has 17 nitrogen and oxygen atoms in total. The number of aliphatic carboxylic acids is 1. The van der Waals surface area contributed by atoms with Crippen LogP contribution in [0.3, 0.4) is 0 Å². The molecule has 0 heterocycles. The van der Waals surface area contributed by atoms with Crippen LogP contribution in [0.2, 0.25) is 0 Å². The molecule has 0 spiro atoms. The lowest BCUT2D eigenvalue weighted by Crippen LogP contribution is -2.61. The number of thiol groups is 1. The van der Waals surface area contributed by atoms with E-state index in [9.17, 15) is 48.9 Å². The second-order valence-electron chi connectivity index (χ2n) is 15.1. The molecule has 0 radical (unpaired) electrons. The molecular weight excluding hydrogens is 819 g/mol. The number of carbonyl (C=O) groups is 7. The van der Waals surface area contributed by atoms with Gasteiger partial charge in [0, 0.05) is 31.9 Å². The summed E-state index contributed by atoms with van der Waals surface area (Å²) in [5.74, 6) is -6.02. The highest BCUT2D eigenvalue weighted by Gasteiger charge is 2.35. The molecule has 62 heavy (non-hydrogen) atoms. The molecule has 6 amide bonds. The molecule has 0 saturated carbocycles. The van der Waals surface area contributed by atoms with Gasteiger partial charge < -0.3 is 53.0 Å². The fraction of sp³-hybridized carbons (Fsp3) is 0.432. The SMILES string of the molecule is CCC(C)[C@H](NC(=O)[C@H](CS)NC(C)=O)C(=O)N[C@@H](Cc1ccc(O)cc1)C(=O)N[C@@H](CCCCN)C(=O)N[C@@H](Cc1ccccc1)C(=O)N[C@@H](Cc1ccc(O)cc1)C(=O)O. The molecule has 0 saturated heterocycles. The van der Waals surface area contributed by atoms with Crippen LogP contribution in [0.1, 0.15) is 63.1 Å². The quantitative estimate of drug-likeness (QED) is 0.0426. The number of phenols is 2. The second-order valence-corrected chi connectivity index (χ2v) is 15.5. The second kappa shape index (κ2) is 25.6. The minimum atomic E-state index is -1.40. The Bertz CT molecular complexity index is 1950. The molecule has 18 heteroatoms. The maximum absolute atomic E-state index is 14.3. The highest BCUT2D eigenvalue weighted by atomic mass is 32.1. The topological polar surface area (TPSA) is 278 Å². The molecular formula is C44H59N7O10S. The maximum Gasteiger partial charge on any atom is 0.326 e.